The van der Waals surface area contributed by atoms with Crippen LogP contribution in [0.3, 0.4) is 0 Å². The van der Waals surface area contributed by atoms with Gasteiger partial charge in [0, 0.05) is 40.9 Å². The van der Waals surface area contributed by atoms with E-state index in [-0.39, 0.29) is 24.2 Å². The van der Waals surface area contributed by atoms with Gasteiger partial charge in [-0.1, -0.05) is 19.8 Å². The lowest BCUT2D eigenvalue weighted by Crippen LogP contribution is -2.40. The van der Waals surface area contributed by atoms with Crippen LogP contribution in [0.4, 0.5) is 20.6 Å². The zero-order chi connectivity index (χ0) is 19.6. The van der Waals surface area contributed by atoms with Gasteiger partial charge in [-0.2, -0.15) is 0 Å². The molecule has 27 heavy (non-hydrogen) atoms. The van der Waals surface area contributed by atoms with Crippen LogP contribution in [0.1, 0.15) is 19.8 Å². The van der Waals surface area contributed by atoms with Crippen molar-refractivity contribution in [3.05, 3.63) is 24.0 Å². The van der Waals surface area contributed by atoms with Gasteiger partial charge in [-0.05, 0) is 24.1 Å². The van der Waals surface area contributed by atoms with E-state index in [4.69, 9.17) is 15.3 Å². The molecule has 4 rings (SSSR count). The van der Waals surface area contributed by atoms with Crippen molar-refractivity contribution in [1.29, 1.82) is 4.78 Å². The van der Waals surface area contributed by atoms with E-state index in [1.807, 2.05) is 0 Å². The monoisotopic (exact) mass is 398 g/mol. The zero-order valence-corrected chi connectivity index (χ0v) is 16.3. The van der Waals surface area contributed by atoms with Crippen LogP contribution in [-0.4, -0.2) is 54.1 Å². The number of hydrogen-bond acceptors (Lipinski definition) is 6. The standard InChI is InChI=1S/C14H19FN4O3S.C4H8/c15-12-7-10(19-9-11(8-16)22-14(19)20)1-2-13(12)18-3-5-23(17,21)6-4-18;1-4-2-3-4/h1-2,7,11,17H,3-6,8-9,16H2;4H,2-3H2,1H3/t11-;/m0./s1. The number of nitrogens with one attached hydrogen (secondary N) is 1. The molecule has 1 atom stereocenters. The molecule has 0 unspecified atom stereocenters. The summed E-state index contributed by atoms with van der Waals surface area (Å²) in [6, 6.07) is 4.55. The highest BCUT2D eigenvalue weighted by Gasteiger charge is 2.32. The first-order valence-corrected chi connectivity index (χ1v) is 11.2. The molecule has 9 heteroatoms. The molecule has 1 amide bonds. The van der Waals surface area contributed by atoms with E-state index >= 15 is 0 Å². The van der Waals surface area contributed by atoms with Crippen LogP contribution < -0.4 is 15.5 Å². The summed E-state index contributed by atoms with van der Waals surface area (Å²) in [6.07, 6.45) is 2.07. The number of anilines is 2. The lowest BCUT2D eigenvalue weighted by molar-refractivity contribution is 0.145. The normalized spacial score (nSPS) is 24.3. The van der Waals surface area contributed by atoms with E-state index in [1.165, 1.54) is 23.8 Å². The van der Waals surface area contributed by atoms with E-state index in [1.54, 1.807) is 17.0 Å². The van der Waals surface area contributed by atoms with Gasteiger partial charge in [-0.15, -0.1) is 0 Å². The summed E-state index contributed by atoms with van der Waals surface area (Å²) < 4.78 is 38.7. The third-order valence-corrected chi connectivity index (χ3v) is 6.65. The van der Waals surface area contributed by atoms with Gasteiger partial charge in [0.25, 0.3) is 0 Å². The molecule has 1 aromatic rings. The predicted octanol–water partition coefficient (Wildman–Crippen LogP) is 2.39. The van der Waals surface area contributed by atoms with Crippen molar-refractivity contribution in [3.8, 4) is 0 Å². The minimum Gasteiger partial charge on any atom is -0.443 e. The Kier molecular flexibility index (Phi) is 5.90. The average Bonchev–Trinajstić information content (AvgIpc) is 3.31. The fraction of sp³-hybridized carbons (Fsp3) is 0.611. The summed E-state index contributed by atoms with van der Waals surface area (Å²) in [6.45, 7) is 3.58. The number of halogens is 1. The van der Waals surface area contributed by atoms with Gasteiger partial charge in [0.05, 0.1) is 17.9 Å². The number of cyclic esters (lactones) is 1. The molecule has 0 radical (unpaired) electrons. The first-order valence-electron chi connectivity index (χ1n) is 9.26. The first-order chi connectivity index (χ1) is 12.8. The van der Waals surface area contributed by atoms with Crippen LogP contribution in [0.5, 0.6) is 0 Å². The van der Waals surface area contributed by atoms with Crippen molar-refractivity contribution in [2.45, 2.75) is 25.9 Å². The lowest BCUT2D eigenvalue weighted by Gasteiger charge is -2.30. The highest BCUT2D eigenvalue weighted by atomic mass is 32.2. The number of nitrogens with zero attached hydrogens (tertiary/aromatic N) is 2. The molecule has 1 saturated carbocycles. The molecule has 2 heterocycles. The number of rotatable bonds is 3. The quantitative estimate of drug-likeness (QED) is 0.814. The van der Waals surface area contributed by atoms with Gasteiger partial charge in [-0.25, -0.2) is 13.4 Å². The second kappa shape index (κ2) is 8.02. The summed E-state index contributed by atoms with van der Waals surface area (Å²) in [5.41, 5.74) is 6.31. The molecule has 3 N–H and O–H groups in total. The molecule has 150 valence electrons. The number of amides is 1. The van der Waals surface area contributed by atoms with Crippen LogP contribution in [0, 0.1) is 16.5 Å². The van der Waals surface area contributed by atoms with Gasteiger partial charge in [-0.3, -0.25) is 9.68 Å². The second-order valence-corrected chi connectivity index (χ2v) is 9.82. The third-order valence-electron chi connectivity index (χ3n) is 4.97. The summed E-state index contributed by atoms with van der Waals surface area (Å²) >= 11 is 0. The van der Waals surface area contributed by atoms with E-state index in [9.17, 15) is 13.4 Å². The van der Waals surface area contributed by atoms with Crippen LogP contribution >= 0.6 is 0 Å². The van der Waals surface area contributed by atoms with Crippen molar-refractivity contribution in [2.24, 2.45) is 11.7 Å². The van der Waals surface area contributed by atoms with Gasteiger partial charge in [0.1, 0.15) is 11.9 Å². The Bertz CT molecular complexity index is 784. The summed E-state index contributed by atoms with van der Waals surface area (Å²) in [5.74, 6) is 1.11. The molecule has 7 nitrogen and oxygen atoms in total. The second-order valence-electron chi connectivity index (χ2n) is 7.38. The van der Waals surface area contributed by atoms with Crippen molar-refractivity contribution < 1.29 is 18.1 Å². The van der Waals surface area contributed by atoms with Gasteiger partial charge < -0.3 is 15.4 Å². The van der Waals surface area contributed by atoms with Crippen molar-refractivity contribution >= 4 is 27.2 Å². The largest absolute Gasteiger partial charge is 0.443 e. The molecule has 2 saturated heterocycles. The molecule has 1 aliphatic carbocycles. The van der Waals surface area contributed by atoms with Crippen molar-refractivity contribution in [1.82, 2.24) is 0 Å². The minimum atomic E-state index is -2.52. The molecule has 2 aliphatic heterocycles. The SMILES string of the molecule is CC1CC1.N=S1(=O)CCN(c2ccc(N3C[C@H](CN)OC3=O)cc2F)CC1. The van der Waals surface area contributed by atoms with E-state index in [0.29, 0.717) is 31.0 Å². The summed E-state index contributed by atoms with van der Waals surface area (Å²) in [7, 11) is -2.52. The third kappa shape index (κ3) is 5.10. The van der Waals surface area contributed by atoms with Crippen molar-refractivity contribution in [2.75, 3.05) is 47.5 Å². The Hall–Kier alpha value is -1.87. The maximum atomic E-state index is 14.4. The smallest absolute Gasteiger partial charge is 0.414 e. The summed E-state index contributed by atoms with van der Waals surface area (Å²) in [4.78, 5) is 14.9. The minimum absolute atomic E-state index is 0.225. The Balaban J connectivity index is 0.000000466. The Morgan fingerprint density at radius 3 is 2.44 bits per heavy atom. The highest BCUT2D eigenvalue weighted by molar-refractivity contribution is 7.92. The molecule has 3 aliphatic rings. The van der Waals surface area contributed by atoms with E-state index in [0.717, 1.165) is 5.92 Å². The Morgan fingerprint density at radius 2 is 1.96 bits per heavy atom. The predicted molar refractivity (Wildman–Crippen MR) is 104 cm³/mol. The fourth-order valence-corrected chi connectivity index (χ4v) is 4.15. The Morgan fingerprint density at radius 1 is 1.33 bits per heavy atom. The highest BCUT2D eigenvalue weighted by Crippen LogP contribution is 2.28. The fourth-order valence-electron chi connectivity index (χ4n) is 2.91. The van der Waals surface area contributed by atoms with E-state index < -0.39 is 21.6 Å². The maximum Gasteiger partial charge on any atom is 0.414 e. The molecule has 3 fully saturated rings. The Labute approximate surface area is 159 Å². The lowest BCUT2D eigenvalue weighted by atomic mass is 10.2. The number of carbonyl (C=O) groups excluding carboxylic acids is 1. The molecule has 0 bridgehead atoms. The molecule has 0 spiro atoms. The molecular weight excluding hydrogens is 371 g/mol. The van der Waals surface area contributed by atoms with Gasteiger partial charge in [0.15, 0.2) is 0 Å². The van der Waals surface area contributed by atoms with Crippen LogP contribution in [0.25, 0.3) is 0 Å². The first kappa shape index (κ1) is 19.9. The molecule has 1 aromatic carbocycles. The maximum absolute atomic E-state index is 14.4. The zero-order valence-electron chi connectivity index (χ0n) is 15.5. The van der Waals surface area contributed by atoms with Crippen molar-refractivity contribution in [3.63, 3.8) is 0 Å². The van der Waals surface area contributed by atoms with Crippen LogP contribution in [-0.2, 0) is 14.5 Å². The molecule has 0 aromatic heterocycles. The number of hydrogen-bond donors (Lipinski definition) is 2. The van der Waals surface area contributed by atoms with Gasteiger partial charge >= 0.3 is 6.09 Å². The topological polar surface area (TPSA) is 99.7 Å². The average molecular weight is 399 g/mol. The van der Waals surface area contributed by atoms with Crippen LogP contribution in [0.15, 0.2) is 18.2 Å². The summed E-state index contributed by atoms with van der Waals surface area (Å²) in [5, 5.41) is 0. The van der Waals surface area contributed by atoms with E-state index in [2.05, 4.69) is 6.92 Å². The number of nitrogens with two attached hydrogens (primary N) is 1. The van der Waals surface area contributed by atoms with Gasteiger partial charge in [0.2, 0.25) is 0 Å². The number of ether oxygens (including phenoxy) is 1. The van der Waals surface area contributed by atoms with Crippen LogP contribution in [0.2, 0.25) is 0 Å². The number of benzene rings is 1. The molecular formula is C18H27FN4O3S. The number of carbonyl (C=O) groups is 1.